The molecule has 0 saturated carbocycles. The molecule has 2 N–H and O–H groups in total. The minimum atomic E-state index is 0. The standard InChI is InChI=1S/C15H27N5O2.HI/c1-6-7-8-16-15(18-10-14(21)20(4)5)17-9-13-11(2)19-22-12(13)3;/h6-10H2,1-5H3,(H2,16,17,18);1H. The molecule has 1 aromatic heterocycles. The SMILES string of the molecule is CCCCNC(=NCc1c(C)noc1C)NCC(=O)N(C)C.I. The van der Waals surface area contributed by atoms with Gasteiger partial charge in [-0.1, -0.05) is 18.5 Å². The number of aryl methyl sites for hydroxylation is 2. The molecule has 132 valence electrons. The molecule has 23 heavy (non-hydrogen) atoms. The predicted molar refractivity (Wildman–Crippen MR) is 102 cm³/mol. The topological polar surface area (TPSA) is 82.8 Å². The number of aromatic nitrogens is 1. The van der Waals surface area contributed by atoms with E-state index in [9.17, 15) is 4.79 Å². The second kappa shape index (κ2) is 11.3. The van der Waals surface area contributed by atoms with Crippen molar-refractivity contribution in [2.24, 2.45) is 4.99 Å². The van der Waals surface area contributed by atoms with Crippen LogP contribution in [0.3, 0.4) is 0 Å². The minimum Gasteiger partial charge on any atom is -0.361 e. The molecule has 0 radical (unpaired) electrons. The molecule has 0 spiro atoms. The summed E-state index contributed by atoms with van der Waals surface area (Å²) < 4.78 is 5.13. The van der Waals surface area contributed by atoms with Gasteiger partial charge >= 0.3 is 0 Å². The molecule has 1 heterocycles. The van der Waals surface area contributed by atoms with E-state index in [1.807, 2.05) is 13.8 Å². The summed E-state index contributed by atoms with van der Waals surface area (Å²) >= 11 is 0. The highest BCUT2D eigenvalue weighted by Gasteiger charge is 2.09. The van der Waals surface area contributed by atoms with Gasteiger partial charge in [0.1, 0.15) is 5.76 Å². The molecule has 0 bridgehead atoms. The van der Waals surface area contributed by atoms with Gasteiger partial charge in [0.2, 0.25) is 5.91 Å². The van der Waals surface area contributed by atoms with Crippen molar-refractivity contribution in [3.63, 3.8) is 0 Å². The fourth-order valence-corrected chi connectivity index (χ4v) is 1.76. The number of hydrogen-bond donors (Lipinski definition) is 2. The first kappa shape index (κ1) is 21.7. The van der Waals surface area contributed by atoms with Crippen LogP contribution < -0.4 is 10.6 Å². The number of rotatable bonds is 7. The highest BCUT2D eigenvalue weighted by Crippen LogP contribution is 2.12. The van der Waals surface area contributed by atoms with Gasteiger partial charge in [0.05, 0.1) is 18.8 Å². The Balaban J connectivity index is 0.00000484. The molecule has 1 rings (SSSR count). The maximum absolute atomic E-state index is 11.7. The van der Waals surface area contributed by atoms with E-state index in [1.165, 1.54) is 0 Å². The molecule has 1 aromatic rings. The maximum Gasteiger partial charge on any atom is 0.241 e. The fourth-order valence-electron chi connectivity index (χ4n) is 1.76. The molecule has 0 aromatic carbocycles. The molecule has 0 atom stereocenters. The molecular weight excluding hydrogens is 409 g/mol. The quantitative estimate of drug-likeness (QED) is 0.295. The van der Waals surface area contributed by atoms with Gasteiger partial charge in [0, 0.05) is 26.2 Å². The van der Waals surface area contributed by atoms with Crippen LogP contribution in [0.25, 0.3) is 0 Å². The number of likely N-dealkylation sites (N-methyl/N-ethyl adjacent to an activating group) is 1. The molecule has 0 aliphatic rings. The van der Waals surface area contributed by atoms with Crippen LogP contribution >= 0.6 is 24.0 Å². The van der Waals surface area contributed by atoms with Crippen LogP contribution in [0, 0.1) is 13.8 Å². The van der Waals surface area contributed by atoms with Gasteiger partial charge in [0.25, 0.3) is 0 Å². The highest BCUT2D eigenvalue weighted by molar-refractivity contribution is 14.0. The van der Waals surface area contributed by atoms with Crippen LogP contribution in [0.2, 0.25) is 0 Å². The third-order valence-corrected chi connectivity index (χ3v) is 3.31. The lowest BCUT2D eigenvalue weighted by Gasteiger charge is -2.14. The molecule has 0 aliphatic heterocycles. The Morgan fingerprint density at radius 2 is 2.00 bits per heavy atom. The van der Waals surface area contributed by atoms with Gasteiger partial charge in [-0.25, -0.2) is 4.99 Å². The van der Waals surface area contributed by atoms with Gasteiger partial charge in [-0.05, 0) is 20.3 Å². The monoisotopic (exact) mass is 437 g/mol. The second-order valence-electron chi connectivity index (χ2n) is 5.39. The zero-order valence-corrected chi connectivity index (χ0v) is 16.9. The Hall–Kier alpha value is -1.32. The van der Waals surface area contributed by atoms with Gasteiger partial charge in [-0.2, -0.15) is 0 Å². The van der Waals surface area contributed by atoms with Crippen LogP contribution in [-0.4, -0.2) is 49.1 Å². The number of nitrogens with one attached hydrogen (secondary N) is 2. The first-order chi connectivity index (χ1) is 10.5. The first-order valence-electron chi connectivity index (χ1n) is 7.59. The number of hydrogen-bond acceptors (Lipinski definition) is 4. The number of aliphatic imine (C=N–C) groups is 1. The summed E-state index contributed by atoms with van der Waals surface area (Å²) in [6.07, 6.45) is 2.15. The Bertz CT molecular complexity index is 494. The Morgan fingerprint density at radius 1 is 1.30 bits per heavy atom. The normalized spacial score (nSPS) is 10.9. The summed E-state index contributed by atoms with van der Waals surface area (Å²) in [6.45, 7) is 7.41. The molecule has 1 amide bonds. The molecule has 0 saturated heterocycles. The minimum absolute atomic E-state index is 0. The average Bonchev–Trinajstić information content (AvgIpc) is 2.80. The van der Waals surface area contributed by atoms with E-state index in [4.69, 9.17) is 4.52 Å². The lowest BCUT2D eigenvalue weighted by atomic mass is 10.2. The van der Waals surface area contributed by atoms with Crippen molar-refractivity contribution in [2.45, 2.75) is 40.2 Å². The first-order valence-corrected chi connectivity index (χ1v) is 7.59. The zero-order valence-electron chi connectivity index (χ0n) is 14.6. The average molecular weight is 437 g/mol. The van der Waals surface area contributed by atoms with E-state index in [0.717, 1.165) is 36.4 Å². The largest absolute Gasteiger partial charge is 0.361 e. The van der Waals surface area contributed by atoms with Crippen molar-refractivity contribution in [3.8, 4) is 0 Å². The number of carbonyl (C=O) groups excluding carboxylic acids is 1. The number of carbonyl (C=O) groups is 1. The summed E-state index contributed by atoms with van der Waals surface area (Å²) in [6, 6.07) is 0. The Morgan fingerprint density at radius 3 is 2.52 bits per heavy atom. The van der Waals surface area contributed by atoms with Gasteiger partial charge in [0.15, 0.2) is 5.96 Å². The van der Waals surface area contributed by atoms with Crippen LogP contribution in [-0.2, 0) is 11.3 Å². The van der Waals surface area contributed by atoms with Crippen molar-refractivity contribution in [1.82, 2.24) is 20.7 Å². The van der Waals surface area contributed by atoms with E-state index in [1.54, 1.807) is 19.0 Å². The van der Waals surface area contributed by atoms with E-state index >= 15 is 0 Å². The molecule has 8 heteroatoms. The van der Waals surface area contributed by atoms with E-state index in [0.29, 0.717) is 12.5 Å². The third kappa shape index (κ3) is 7.67. The van der Waals surface area contributed by atoms with E-state index in [2.05, 4.69) is 27.7 Å². The molecule has 0 unspecified atom stereocenters. The second-order valence-corrected chi connectivity index (χ2v) is 5.39. The summed E-state index contributed by atoms with van der Waals surface area (Å²) in [7, 11) is 3.46. The summed E-state index contributed by atoms with van der Waals surface area (Å²) in [4.78, 5) is 17.7. The van der Waals surface area contributed by atoms with Crippen molar-refractivity contribution < 1.29 is 9.32 Å². The van der Waals surface area contributed by atoms with Gasteiger partial charge in [-0.3, -0.25) is 4.79 Å². The van der Waals surface area contributed by atoms with Crippen LogP contribution in [0.15, 0.2) is 9.52 Å². The number of halogens is 1. The van der Waals surface area contributed by atoms with Crippen LogP contribution in [0.1, 0.15) is 36.8 Å². The van der Waals surface area contributed by atoms with Crippen molar-refractivity contribution in [1.29, 1.82) is 0 Å². The Labute approximate surface area is 155 Å². The smallest absolute Gasteiger partial charge is 0.241 e. The van der Waals surface area contributed by atoms with E-state index < -0.39 is 0 Å². The summed E-state index contributed by atoms with van der Waals surface area (Å²) in [5, 5.41) is 10.2. The summed E-state index contributed by atoms with van der Waals surface area (Å²) in [5.74, 6) is 1.41. The molecule has 7 nitrogen and oxygen atoms in total. The fraction of sp³-hybridized carbons (Fsp3) is 0.667. The van der Waals surface area contributed by atoms with Crippen molar-refractivity contribution in [2.75, 3.05) is 27.2 Å². The lowest BCUT2D eigenvalue weighted by molar-refractivity contribution is -0.127. The molecule has 0 fully saturated rings. The Kier molecular flexibility index (Phi) is 10.6. The predicted octanol–water partition coefficient (Wildman–Crippen LogP) is 1.83. The number of nitrogens with zero attached hydrogens (tertiary/aromatic N) is 3. The number of amides is 1. The third-order valence-electron chi connectivity index (χ3n) is 3.31. The lowest BCUT2D eigenvalue weighted by Crippen LogP contribution is -2.43. The maximum atomic E-state index is 11.7. The van der Waals surface area contributed by atoms with Crippen LogP contribution in [0.4, 0.5) is 0 Å². The van der Waals surface area contributed by atoms with Crippen molar-refractivity contribution >= 4 is 35.8 Å². The number of guanidine groups is 1. The van der Waals surface area contributed by atoms with Crippen molar-refractivity contribution in [3.05, 3.63) is 17.0 Å². The van der Waals surface area contributed by atoms with Gasteiger partial charge < -0.3 is 20.1 Å². The summed E-state index contributed by atoms with van der Waals surface area (Å²) in [5.41, 5.74) is 1.83. The van der Waals surface area contributed by atoms with Gasteiger partial charge in [-0.15, -0.1) is 24.0 Å². The molecular formula is C15H28IN5O2. The van der Waals surface area contributed by atoms with Crippen LogP contribution in [0.5, 0.6) is 0 Å². The zero-order chi connectivity index (χ0) is 16.5. The number of unbranched alkanes of at least 4 members (excludes halogenated alkanes) is 1. The molecule has 0 aliphatic carbocycles. The highest BCUT2D eigenvalue weighted by atomic mass is 127. The van der Waals surface area contributed by atoms with E-state index in [-0.39, 0.29) is 36.4 Å².